The number of aromatic nitrogens is 2. The van der Waals surface area contributed by atoms with Gasteiger partial charge in [-0.25, -0.2) is 4.98 Å². The quantitative estimate of drug-likeness (QED) is 0.850. The fourth-order valence-electron chi connectivity index (χ4n) is 1.82. The maximum atomic E-state index is 10.9. The van der Waals surface area contributed by atoms with Crippen LogP contribution in [0.5, 0.6) is 5.88 Å². The van der Waals surface area contributed by atoms with Crippen LogP contribution in [-0.2, 0) is 11.2 Å². The number of carbonyl (C=O) groups excluding carboxylic acids is 1. The minimum absolute atomic E-state index is 0.0698. The Morgan fingerprint density at radius 3 is 2.67 bits per heavy atom. The second-order valence-electron chi connectivity index (χ2n) is 4.48. The topological polar surface area (TPSA) is 76.1 Å². The van der Waals surface area contributed by atoms with Crippen LogP contribution in [-0.4, -0.2) is 29.5 Å². The number of rotatable bonds is 6. The molecule has 0 saturated carbocycles. The second kappa shape index (κ2) is 7.23. The molecule has 0 bridgehead atoms. The van der Waals surface area contributed by atoms with Gasteiger partial charge < -0.3 is 15.4 Å². The lowest BCUT2D eigenvalue weighted by Gasteiger charge is -2.07. The average molecular weight is 286 g/mol. The fraction of sp³-hybridized carbons (Fsp3) is 0.267. The highest BCUT2D eigenvalue weighted by Gasteiger charge is 2.00. The fourth-order valence-corrected chi connectivity index (χ4v) is 1.82. The average Bonchev–Trinajstić information content (AvgIpc) is 2.49. The summed E-state index contributed by atoms with van der Waals surface area (Å²) in [4.78, 5) is 19.2. The summed E-state index contributed by atoms with van der Waals surface area (Å²) in [6, 6.07) is 9.45. The molecular formula is C15H18N4O2. The Balaban J connectivity index is 1.84. The number of nitrogens with zero attached hydrogens (tertiary/aromatic N) is 2. The predicted molar refractivity (Wildman–Crippen MR) is 81.5 cm³/mol. The molecule has 2 N–H and O–H groups in total. The standard InChI is InChI=1S/C15H18N4O2/c1-11(20)18-13-5-3-12(4-6-13)7-9-16-15-17-10-8-14(19-15)21-2/h3-6,8,10H,7,9H2,1-2H3,(H,18,20)(H,16,17,19). The molecule has 0 radical (unpaired) electrons. The summed E-state index contributed by atoms with van der Waals surface area (Å²) in [6.07, 6.45) is 2.48. The van der Waals surface area contributed by atoms with Crippen molar-refractivity contribution in [2.24, 2.45) is 0 Å². The van der Waals surface area contributed by atoms with Crippen molar-refractivity contribution >= 4 is 17.5 Å². The number of hydrogen-bond donors (Lipinski definition) is 2. The van der Waals surface area contributed by atoms with Crippen LogP contribution in [0.25, 0.3) is 0 Å². The highest BCUT2D eigenvalue weighted by molar-refractivity contribution is 5.88. The van der Waals surface area contributed by atoms with Crippen molar-refractivity contribution in [3.05, 3.63) is 42.1 Å². The van der Waals surface area contributed by atoms with Crippen LogP contribution in [0.2, 0.25) is 0 Å². The highest BCUT2D eigenvalue weighted by atomic mass is 16.5. The zero-order valence-electron chi connectivity index (χ0n) is 12.1. The summed E-state index contributed by atoms with van der Waals surface area (Å²) >= 11 is 0. The molecule has 110 valence electrons. The summed E-state index contributed by atoms with van der Waals surface area (Å²) in [5.74, 6) is 1.01. The van der Waals surface area contributed by atoms with Crippen LogP contribution < -0.4 is 15.4 Å². The first-order valence-electron chi connectivity index (χ1n) is 6.65. The van der Waals surface area contributed by atoms with E-state index < -0.39 is 0 Å². The summed E-state index contributed by atoms with van der Waals surface area (Å²) in [6.45, 7) is 2.21. The van der Waals surface area contributed by atoms with E-state index >= 15 is 0 Å². The number of nitrogens with one attached hydrogen (secondary N) is 2. The molecule has 1 heterocycles. The van der Waals surface area contributed by atoms with Gasteiger partial charge in [0.15, 0.2) is 0 Å². The number of amides is 1. The lowest BCUT2D eigenvalue weighted by Crippen LogP contribution is -2.08. The summed E-state index contributed by atoms with van der Waals surface area (Å²) in [5, 5.41) is 5.88. The Morgan fingerprint density at radius 1 is 1.24 bits per heavy atom. The molecule has 0 unspecified atom stereocenters. The lowest BCUT2D eigenvalue weighted by atomic mass is 10.1. The number of anilines is 2. The smallest absolute Gasteiger partial charge is 0.225 e. The van der Waals surface area contributed by atoms with Gasteiger partial charge in [-0.1, -0.05) is 12.1 Å². The number of benzene rings is 1. The minimum Gasteiger partial charge on any atom is -0.481 e. The van der Waals surface area contributed by atoms with Crippen LogP contribution in [0.3, 0.4) is 0 Å². The molecule has 0 aliphatic rings. The molecule has 6 heteroatoms. The van der Waals surface area contributed by atoms with Crippen molar-refractivity contribution in [3.8, 4) is 5.88 Å². The number of methoxy groups -OCH3 is 1. The number of carbonyl (C=O) groups is 1. The van der Waals surface area contributed by atoms with E-state index in [0.29, 0.717) is 18.4 Å². The Labute approximate surface area is 123 Å². The van der Waals surface area contributed by atoms with Gasteiger partial charge in [-0.3, -0.25) is 4.79 Å². The summed E-state index contributed by atoms with van der Waals surface area (Å²) in [7, 11) is 1.57. The van der Waals surface area contributed by atoms with Crippen molar-refractivity contribution < 1.29 is 9.53 Å². The van der Waals surface area contributed by atoms with Gasteiger partial charge in [0.2, 0.25) is 17.7 Å². The first kappa shape index (κ1) is 14.8. The Kier molecular flexibility index (Phi) is 5.09. The molecule has 0 atom stereocenters. The number of hydrogen-bond acceptors (Lipinski definition) is 5. The molecular weight excluding hydrogens is 268 g/mol. The molecule has 6 nitrogen and oxygen atoms in total. The van der Waals surface area contributed by atoms with Crippen molar-refractivity contribution in [3.63, 3.8) is 0 Å². The molecule has 0 fully saturated rings. The van der Waals surface area contributed by atoms with Crippen LogP contribution in [0.4, 0.5) is 11.6 Å². The third-order valence-electron chi connectivity index (χ3n) is 2.81. The van der Waals surface area contributed by atoms with Gasteiger partial charge in [-0.05, 0) is 24.1 Å². The zero-order valence-corrected chi connectivity index (χ0v) is 12.1. The van der Waals surface area contributed by atoms with Crippen molar-refractivity contribution in [1.82, 2.24) is 9.97 Å². The van der Waals surface area contributed by atoms with Crippen molar-refractivity contribution in [2.75, 3.05) is 24.3 Å². The number of ether oxygens (including phenoxy) is 1. The van der Waals surface area contributed by atoms with Gasteiger partial charge in [-0.2, -0.15) is 4.98 Å². The van der Waals surface area contributed by atoms with E-state index in [1.165, 1.54) is 12.5 Å². The molecule has 0 spiro atoms. The largest absolute Gasteiger partial charge is 0.481 e. The Hall–Kier alpha value is -2.63. The Bertz CT molecular complexity index is 599. The Morgan fingerprint density at radius 2 is 2.00 bits per heavy atom. The zero-order chi connectivity index (χ0) is 15.1. The second-order valence-corrected chi connectivity index (χ2v) is 4.48. The molecule has 21 heavy (non-hydrogen) atoms. The molecule has 1 aromatic carbocycles. The maximum absolute atomic E-state index is 10.9. The van der Waals surface area contributed by atoms with Gasteiger partial charge in [0.05, 0.1) is 7.11 Å². The van der Waals surface area contributed by atoms with Crippen LogP contribution in [0, 0.1) is 0 Å². The van der Waals surface area contributed by atoms with Gasteiger partial charge >= 0.3 is 0 Å². The van der Waals surface area contributed by atoms with E-state index in [2.05, 4.69) is 20.6 Å². The predicted octanol–water partition coefficient (Wildman–Crippen LogP) is 2.10. The third-order valence-corrected chi connectivity index (χ3v) is 2.81. The first-order valence-corrected chi connectivity index (χ1v) is 6.65. The molecule has 0 saturated heterocycles. The van der Waals surface area contributed by atoms with E-state index in [0.717, 1.165) is 12.1 Å². The minimum atomic E-state index is -0.0698. The molecule has 1 amide bonds. The maximum Gasteiger partial charge on any atom is 0.225 e. The molecule has 1 aromatic heterocycles. The van der Waals surface area contributed by atoms with E-state index in [-0.39, 0.29) is 5.91 Å². The van der Waals surface area contributed by atoms with Crippen LogP contribution in [0.15, 0.2) is 36.5 Å². The van der Waals surface area contributed by atoms with E-state index in [9.17, 15) is 4.79 Å². The monoisotopic (exact) mass is 286 g/mol. The van der Waals surface area contributed by atoms with Crippen LogP contribution in [0.1, 0.15) is 12.5 Å². The third kappa shape index (κ3) is 4.76. The molecule has 0 aliphatic carbocycles. The van der Waals surface area contributed by atoms with E-state index in [4.69, 9.17) is 4.74 Å². The lowest BCUT2D eigenvalue weighted by molar-refractivity contribution is -0.114. The van der Waals surface area contributed by atoms with Crippen LogP contribution >= 0.6 is 0 Å². The van der Waals surface area contributed by atoms with Crippen molar-refractivity contribution in [2.45, 2.75) is 13.3 Å². The first-order chi connectivity index (χ1) is 10.2. The van der Waals surface area contributed by atoms with E-state index in [1.807, 2.05) is 24.3 Å². The van der Waals surface area contributed by atoms with Gasteiger partial charge in [0, 0.05) is 31.4 Å². The normalized spacial score (nSPS) is 10.0. The SMILES string of the molecule is COc1ccnc(NCCc2ccc(NC(C)=O)cc2)n1. The van der Waals surface area contributed by atoms with Gasteiger partial charge in [0.25, 0.3) is 0 Å². The molecule has 2 rings (SSSR count). The molecule has 0 aliphatic heterocycles. The summed E-state index contributed by atoms with van der Waals surface area (Å²) < 4.78 is 5.04. The van der Waals surface area contributed by atoms with Crippen molar-refractivity contribution in [1.29, 1.82) is 0 Å². The summed E-state index contributed by atoms with van der Waals surface area (Å²) in [5.41, 5.74) is 1.97. The van der Waals surface area contributed by atoms with Gasteiger partial charge in [-0.15, -0.1) is 0 Å². The molecule has 2 aromatic rings. The van der Waals surface area contributed by atoms with Gasteiger partial charge in [0.1, 0.15) is 0 Å². The van der Waals surface area contributed by atoms with E-state index in [1.54, 1.807) is 19.4 Å². The highest BCUT2D eigenvalue weighted by Crippen LogP contribution is 2.11.